The number of aromatic nitrogens is 2. The molecule has 0 radical (unpaired) electrons. The first-order valence-electron chi connectivity index (χ1n) is 11.6. The molecule has 3 aromatic carbocycles. The third kappa shape index (κ3) is 3.84. The summed E-state index contributed by atoms with van der Waals surface area (Å²) in [4.78, 5) is 17.2. The van der Waals surface area contributed by atoms with E-state index in [0.717, 1.165) is 9.69 Å². The molecule has 6 rings (SSSR count). The minimum absolute atomic E-state index is 0.0533. The number of halogens is 2. The Morgan fingerprint density at radius 2 is 1.87 bits per heavy atom. The van der Waals surface area contributed by atoms with Gasteiger partial charge in [-0.1, -0.05) is 48.0 Å². The van der Waals surface area contributed by atoms with Gasteiger partial charge >= 0.3 is 16.2 Å². The number of carboxylic acid groups (broad SMARTS) is 1. The molecule has 2 N–H and O–H groups in total. The lowest BCUT2D eigenvalue weighted by Gasteiger charge is -2.31. The Balaban J connectivity index is 1.62. The molecule has 192 valence electrons. The molecule has 0 saturated carbocycles. The second kappa shape index (κ2) is 8.71. The van der Waals surface area contributed by atoms with Crippen LogP contribution in [0.1, 0.15) is 27.2 Å². The van der Waals surface area contributed by atoms with Crippen LogP contribution >= 0.6 is 11.6 Å². The molecule has 0 atom stereocenters. The van der Waals surface area contributed by atoms with Crippen LogP contribution in [-0.4, -0.2) is 29.0 Å². The van der Waals surface area contributed by atoms with Gasteiger partial charge < -0.3 is 9.67 Å². The SMILES string of the molecule is Cc1cc2c(N3Cc4ccccc4NS3(=O)=O)c(C(=O)O)n(Cc3cc4ccccc4nc3Cl)c2cc1F. The zero-order chi connectivity index (χ0) is 26.8. The van der Waals surface area contributed by atoms with Gasteiger partial charge in [-0.05, 0) is 48.4 Å². The molecule has 0 fully saturated rings. The van der Waals surface area contributed by atoms with E-state index in [4.69, 9.17) is 11.6 Å². The Morgan fingerprint density at radius 3 is 2.66 bits per heavy atom. The van der Waals surface area contributed by atoms with Crippen LogP contribution in [0.5, 0.6) is 0 Å². The molecule has 8 nitrogen and oxygen atoms in total. The number of pyridine rings is 1. The van der Waals surface area contributed by atoms with Crippen LogP contribution in [0.25, 0.3) is 21.8 Å². The van der Waals surface area contributed by atoms with Gasteiger partial charge in [-0.2, -0.15) is 8.42 Å². The lowest BCUT2D eigenvalue weighted by molar-refractivity contribution is 0.0687. The number of carbonyl (C=O) groups is 1. The first-order chi connectivity index (χ1) is 18.1. The molecule has 0 amide bonds. The number of hydrogen-bond acceptors (Lipinski definition) is 4. The van der Waals surface area contributed by atoms with Crippen molar-refractivity contribution in [2.45, 2.75) is 20.0 Å². The number of para-hydroxylation sites is 2. The van der Waals surface area contributed by atoms with E-state index in [2.05, 4.69) is 9.71 Å². The van der Waals surface area contributed by atoms with Gasteiger partial charge in [-0.3, -0.25) is 4.72 Å². The third-order valence-corrected chi connectivity index (χ3v) is 8.41. The van der Waals surface area contributed by atoms with Crippen LogP contribution in [0.2, 0.25) is 5.15 Å². The van der Waals surface area contributed by atoms with E-state index < -0.39 is 22.0 Å². The summed E-state index contributed by atoms with van der Waals surface area (Å²) in [7, 11) is -4.18. The molecule has 0 spiro atoms. The summed E-state index contributed by atoms with van der Waals surface area (Å²) in [6.45, 7) is 1.37. The van der Waals surface area contributed by atoms with Gasteiger partial charge in [-0.15, -0.1) is 0 Å². The van der Waals surface area contributed by atoms with Gasteiger partial charge in [0.1, 0.15) is 11.0 Å². The maximum Gasteiger partial charge on any atom is 0.354 e. The number of hydrogen-bond donors (Lipinski definition) is 2. The highest BCUT2D eigenvalue weighted by molar-refractivity contribution is 7.94. The fourth-order valence-electron chi connectivity index (χ4n) is 4.90. The molecule has 2 aromatic heterocycles. The average Bonchev–Trinajstić information content (AvgIpc) is 3.16. The summed E-state index contributed by atoms with van der Waals surface area (Å²) in [5.74, 6) is -1.92. The van der Waals surface area contributed by atoms with E-state index in [0.29, 0.717) is 22.3 Å². The first kappa shape index (κ1) is 24.2. The van der Waals surface area contributed by atoms with Crippen molar-refractivity contribution >= 4 is 61.0 Å². The summed E-state index contributed by atoms with van der Waals surface area (Å²) in [5, 5.41) is 11.6. The molecular formula is C27H20ClFN4O4S. The summed E-state index contributed by atoms with van der Waals surface area (Å²) >= 11 is 6.49. The van der Waals surface area contributed by atoms with Crippen LogP contribution in [-0.2, 0) is 23.3 Å². The molecule has 1 aliphatic rings. The van der Waals surface area contributed by atoms with Crippen LogP contribution in [0.15, 0.2) is 66.7 Å². The first-order valence-corrected chi connectivity index (χ1v) is 13.4. The Kier molecular flexibility index (Phi) is 5.55. The Labute approximate surface area is 222 Å². The highest BCUT2D eigenvalue weighted by atomic mass is 35.5. The van der Waals surface area contributed by atoms with Gasteiger partial charge in [-0.25, -0.2) is 18.5 Å². The van der Waals surface area contributed by atoms with Crippen molar-refractivity contribution in [3.63, 3.8) is 0 Å². The van der Waals surface area contributed by atoms with Gasteiger partial charge in [0.25, 0.3) is 0 Å². The third-order valence-electron chi connectivity index (χ3n) is 6.71. The van der Waals surface area contributed by atoms with E-state index in [9.17, 15) is 22.7 Å². The quantitative estimate of drug-likeness (QED) is 0.279. The summed E-state index contributed by atoms with van der Waals surface area (Å²) in [5.41, 5.74) is 2.37. The van der Waals surface area contributed by atoms with Crippen molar-refractivity contribution in [3.8, 4) is 0 Å². The standard InChI is InChI=1S/C27H20ClFN4O4S/c1-15-10-19-23(12-20(15)29)32(13-18-11-16-6-2-4-8-21(16)30-26(18)28)25(27(34)35)24(19)33-14-17-7-3-5-9-22(17)31-38(33,36)37/h2-12,31H,13-14H2,1H3,(H,34,35). The lowest BCUT2D eigenvalue weighted by Crippen LogP contribution is -2.40. The normalized spacial score (nSPS) is 14.4. The van der Waals surface area contributed by atoms with Crippen LogP contribution in [0.4, 0.5) is 15.8 Å². The Bertz CT molecular complexity index is 1910. The van der Waals surface area contributed by atoms with E-state index in [1.165, 1.54) is 16.7 Å². The average molecular weight is 551 g/mol. The Morgan fingerprint density at radius 1 is 1.13 bits per heavy atom. The largest absolute Gasteiger partial charge is 0.477 e. The zero-order valence-corrected chi connectivity index (χ0v) is 21.5. The minimum Gasteiger partial charge on any atom is -0.477 e. The highest BCUT2D eigenvalue weighted by Crippen LogP contribution is 2.41. The Hall–Kier alpha value is -4.15. The number of aromatic carboxylic acids is 1. The van der Waals surface area contributed by atoms with Gasteiger partial charge in [0.05, 0.1) is 35.5 Å². The van der Waals surface area contributed by atoms with Crippen LogP contribution in [0, 0.1) is 12.7 Å². The number of nitrogens with zero attached hydrogens (tertiary/aromatic N) is 3. The smallest absolute Gasteiger partial charge is 0.354 e. The fraction of sp³-hybridized carbons (Fsp3) is 0.111. The number of anilines is 2. The predicted molar refractivity (Wildman–Crippen MR) is 145 cm³/mol. The van der Waals surface area contributed by atoms with Crippen molar-refractivity contribution < 1.29 is 22.7 Å². The van der Waals surface area contributed by atoms with E-state index >= 15 is 0 Å². The maximum atomic E-state index is 14.8. The van der Waals surface area contributed by atoms with Crippen molar-refractivity contribution in [1.82, 2.24) is 9.55 Å². The van der Waals surface area contributed by atoms with Crippen molar-refractivity contribution in [2.75, 3.05) is 9.03 Å². The fourth-order valence-corrected chi connectivity index (χ4v) is 6.43. The molecule has 0 saturated heterocycles. The molecule has 5 aromatic rings. The summed E-state index contributed by atoms with van der Waals surface area (Å²) in [6, 6.07) is 18.7. The van der Waals surface area contributed by atoms with E-state index in [-0.39, 0.29) is 46.1 Å². The van der Waals surface area contributed by atoms with E-state index in [1.54, 1.807) is 43.3 Å². The minimum atomic E-state index is -4.18. The van der Waals surface area contributed by atoms with Gasteiger partial charge in [0.2, 0.25) is 0 Å². The molecule has 1 aliphatic heterocycles. The summed E-state index contributed by atoms with van der Waals surface area (Å²) < 4.78 is 46.5. The van der Waals surface area contributed by atoms with Crippen molar-refractivity contribution in [1.29, 1.82) is 0 Å². The molecule has 3 heterocycles. The zero-order valence-electron chi connectivity index (χ0n) is 19.9. The molecule has 11 heteroatoms. The number of aryl methyl sites for hydroxylation is 1. The molecule has 38 heavy (non-hydrogen) atoms. The number of carboxylic acids is 1. The van der Waals surface area contributed by atoms with Crippen molar-refractivity contribution in [2.24, 2.45) is 0 Å². The maximum absolute atomic E-state index is 14.8. The summed E-state index contributed by atoms with van der Waals surface area (Å²) in [6.07, 6.45) is 0. The molecule has 0 bridgehead atoms. The number of nitrogens with one attached hydrogen (secondary N) is 1. The van der Waals surface area contributed by atoms with E-state index in [1.807, 2.05) is 18.2 Å². The van der Waals surface area contributed by atoms with Gasteiger partial charge in [0.15, 0.2) is 5.69 Å². The molecular weight excluding hydrogens is 531 g/mol. The highest BCUT2D eigenvalue weighted by Gasteiger charge is 2.36. The monoisotopic (exact) mass is 550 g/mol. The topological polar surface area (TPSA) is 105 Å². The molecule has 0 unspecified atom stereocenters. The molecule has 0 aliphatic carbocycles. The lowest BCUT2D eigenvalue weighted by atomic mass is 10.1. The van der Waals surface area contributed by atoms with Crippen LogP contribution < -0.4 is 9.03 Å². The number of rotatable bonds is 4. The second-order valence-electron chi connectivity index (χ2n) is 9.11. The second-order valence-corrected chi connectivity index (χ2v) is 11.1. The predicted octanol–water partition coefficient (Wildman–Crippen LogP) is 5.71. The van der Waals surface area contributed by atoms with Crippen molar-refractivity contribution in [3.05, 3.63) is 100 Å². The number of benzene rings is 3. The number of fused-ring (bicyclic) bond motifs is 3. The van der Waals surface area contributed by atoms with Crippen LogP contribution in [0.3, 0.4) is 0 Å². The van der Waals surface area contributed by atoms with Gasteiger partial charge in [0, 0.05) is 16.3 Å².